The summed E-state index contributed by atoms with van der Waals surface area (Å²) in [6, 6.07) is -0.193. The van der Waals surface area contributed by atoms with Gasteiger partial charge in [0, 0.05) is 18.6 Å². The fourth-order valence-corrected chi connectivity index (χ4v) is 1.53. The second-order valence-electron chi connectivity index (χ2n) is 6.37. The Labute approximate surface area is 116 Å². The summed E-state index contributed by atoms with van der Waals surface area (Å²) in [6.07, 6.45) is -0.0373. The predicted molar refractivity (Wildman–Crippen MR) is 76.1 cm³/mol. The zero-order valence-electron chi connectivity index (χ0n) is 13.0. The maximum absolute atomic E-state index is 12.2. The van der Waals surface area contributed by atoms with Gasteiger partial charge in [-0.15, -0.1) is 0 Å². The van der Waals surface area contributed by atoms with Crippen LogP contribution in [0, 0.1) is 11.8 Å². The molecule has 0 saturated carbocycles. The summed E-state index contributed by atoms with van der Waals surface area (Å²) in [4.78, 5) is 24.4. The summed E-state index contributed by atoms with van der Waals surface area (Å²) in [5, 5.41) is 11.6. The Morgan fingerprint density at radius 1 is 1.21 bits per heavy atom. The molecule has 0 spiro atoms. The van der Waals surface area contributed by atoms with Crippen LogP contribution >= 0.6 is 0 Å². The van der Waals surface area contributed by atoms with Crippen LogP contribution in [-0.2, 0) is 4.79 Å². The molecule has 0 fully saturated rings. The third-order valence-electron chi connectivity index (χ3n) is 3.32. The molecule has 0 heterocycles. The molecule has 0 bridgehead atoms. The normalized spacial score (nSPS) is 13.2. The number of carbonyl (C=O) groups excluding carboxylic acids is 1. The summed E-state index contributed by atoms with van der Waals surface area (Å²) in [7, 11) is 0. The molecular formula is C14H28N2O3. The molecule has 0 aromatic rings. The number of nitrogens with zero attached hydrogens (tertiary/aromatic N) is 1. The molecule has 2 N–H and O–H groups in total. The molecule has 0 radical (unpaired) electrons. The van der Waals surface area contributed by atoms with Crippen molar-refractivity contribution in [1.29, 1.82) is 0 Å². The zero-order chi connectivity index (χ0) is 15.2. The second kappa shape index (κ2) is 7.36. The minimum Gasteiger partial charge on any atom is -0.481 e. The van der Waals surface area contributed by atoms with Gasteiger partial charge >= 0.3 is 12.0 Å². The Hall–Kier alpha value is -1.26. The largest absolute Gasteiger partial charge is 0.481 e. The summed E-state index contributed by atoms with van der Waals surface area (Å²) in [6.45, 7) is 12.9. The average molecular weight is 272 g/mol. The van der Waals surface area contributed by atoms with Crippen LogP contribution in [0.1, 0.15) is 48.0 Å². The molecule has 0 aliphatic heterocycles. The summed E-state index contributed by atoms with van der Waals surface area (Å²) in [5.41, 5.74) is -0.388. The van der Waals surface area contributed by atoms with E-state index in [1.54, 1.807) is 4.90 Å². The van der Waals surface area contributed by atoms with Crippen LogP contribution in [0.15, 0.2) is 0 Å². The molecular weight excluding hydrogens is 244 g/mol. The summed E-state index contributed by atoms with van der Waals surface area (Å²) in [5.74, 6) is 0.00486. The number of carboxylic acids is 1. The van der Waals surface area contributed by atoms with Crippen molar-refractivity contribution < 1.29 is 14.7 Å². The van der Waals surface area contributed by atoms with Gasteiger partial charge in [0.25, 0.3) is 0 Å². The number of hydrogen-bond donors (Lipinski definition) is 2. The Bertz CT molecular complexity index is 308. The highest BCUT2D eigenvalue weighted by molar-refractivity contribution is 5.76. The van der Waals surface area contributed by atoms with Crippen molar-refractivity contribution in [2.45, 2.75) is 53.5 Å². The molecule has 0 aliphatic carbocycles. The first-order valence-corrected chi connectivity index (χ1v) is 6.83. The standard InChI is InChI=1S/C14H28N2O3/c1-10(2)11(3)9-15-13(19)16(14(4,5)6)8-7-12(17)18/h10-11H,7-9H2,1-6H3,(H,15,19)(H,17,18). The van der Waals surface area contributed by atoms with Gasteiger partial charge in [0.2, 0.25) is 0 Å². The highest BCUT2D eigenvalue weighted by Crippen LogP contribution is 2.14. The van der Waals surface area contributed by atoms with E-state index in [1.165, 1.54) is 0 Å². The van der Waals surface area contributed by atoms with Gasteiger partial charge in [-0.2, -0.15) is 0 Å². The van der Waals surface area contributed by atoms with Crippen molar-refractivity contribution in [2.75, 3.05) is 13.1 Å². The lowest BCUT2D eigenvalue weighted by atomic mass is 9.98. The van der Waals surface area contributed by atoms with Crippen LogP contribution in [0.5, 0.6) is 0 Å². The minimum absolute atomic E-state index is 0.0373. The lowest BCUT2D eigenvalue weighted by Crippen LogP contribution is -2.51. The van der Waals surface area contributed by atoms with Crippen LogP contribution in [0.25, 0.3) is 0 Å². The van der Waals surface area contributed by atoms with Crippen molar-refractivity contribution in [3.8, 4) is 0 Å². The van der Waals surface area contributed by atoms with E-state index in [1.807, 2.05) is 20.8 Å². The molecule has 1 atom stereocenters. The van der Waals surface area contributed by atoms with Crippen molar-refractivity contribution in [3.63, 3.8) is 0 Å². The van der Waals surface area contributed by atoms with Crippen LogP contribution in [-0.4, -0.2) is 40.6 Å². The molecule has 5 nitrogen and oxygen atoms in total. The quantitative estimate of drug-likeness (QED) is 0.780. The van der Waals surface area contributed by atoms with Gasteiger partial charge < -0.3 is 15.3 Å². The van der Waals surface area contributed by atoms with Gasteiger partial charge in [0.05, 0.1) is 6.42 Å². The maximum atomic E-state index is 12.2. The monoisotopic (exact) mass is 272 g/mol. The number of amides is 2. The van der Waals surface area contributed by atoms with E-state index < -0.39 is 5.97 Å². The number of rotatable bonds is 6. The molecule has 0 rings (SSSR count). The zero-order valence-corrected chi connectivity index (χ0v) is 13.0. The second-order valence-corrected chi connectivity index (χ2v) is 6.37. The number of aliphatic carboxylic acids is 1. The van der Waals surface area contributed by atoms with Crippen molar-refractivity contribution in [1.82, 2.24) is 10.2 Å². The van der Waals surface area contributed by atoms with E-state index in [0.29, 0.717) is 18.4 Å². The van der Waals surface area contributed by atoms with E-state index in [9.17, 15) is 9.59 Å². The summed E-state index contributed by atoms with van der Waals surface area (Å²) >= 11 is 0. The van der Waals surface area contributed by atoms with E-state index in [-0.39, 0.29) is 24.5 Å². The van der Waals surface area contributed by atoms with E-state index in [2.05, 4.69) is 26.1 Å². The Morgan fingerprint density at radius 2 is 1.74 bits per heavy atom. The SMILES string of the molecule is CC(C)C(C)CNC(=O)N(CCC(=O)O)C(C)(C)C. The first kappa shape index (κ1) is 17.7. The number of nitrogens with one attached hydrogen (secondary N) is 1. The van der Waals surface area contributed by atoms with E-state index in [0.717, 1.165) is 0 Å². The number of carboxylic acid groups (broad SMARTS) is 1. The lowest BCUT2D eigenvalue weighted by Gasteiger charge is -2.35. The number of urea groups is 1. The Balaban J connectivity index is 4.51. The lowest BCUT2D eigenvalue weighted by molar-refractivity contribution is -0.137. The molecule has 19 heavy (non-hydrogen) atoms. The average Bonchev–Trinajstić information content (AvgIpc) is 2.23. The molecule has 1 unspecified atom stereocenters. The van der Waals surface area contributed by atoms with Gasteiger partial charge in [-0.25, -0.2) is 4.79 Å². The Kier molecular flexibility index (Phi) is 6.87. The first-order chi connectivity index (χ1) is 8.55. The fourth-order valence-electron chi connectivity index (χ4n) is 1.53. The van der Waals surface area contributed by atoms with Crippen LogP contribution in [0.2, 0.25) is 0 Å². The van der Waals surface area contributed by atoms with Crippen molar-refractivity contribution in [3.05, 3.63) is 0 Å². The molecule has 2 amide bonds. The first-order valence-electron chi connectivity index (χ1n) is 6.83. The van der Waals surface area contributed by atoms with Crippen molar-refractivity contribution >= 4 is 12.0 Å². The van der Waals surface area contributed by atoms with Crippen LogP contribution < -0.4 is 5.32 Å². The molecule has 0 aliphatic rings. The third-order valence-corrected chi connectivity index (χ3v) is 3.32. The highest BCUT2D eigenvalue weighted by Gasteiger charge is 2.26. The third kappa shape index (κ3) is 7.03. The number of hydrogen-bond acceptors (Lipinski definition) is 2. The number of carbonyl (C=O) groups is 2. The van der Waals surface area contributed by atoms with E-state index >= 15 is 0 Å². The fraction of sp³-hybridized carbons (Fsp3) is 0.857. The van der Waals surface area contributed by atoms with Gasteiger partial charge in [0.15, 0.2) is 0 Å². The predicted octanol–water partition coefficient (Wildman–Crippen LogP) is 2.56. The van der Waals surface area contributed by atoms with Gasteiger partial charge in [-0.05, 0) is 32.6 Å². The highest BCUT2D eigenvalue weighted by atomic mass is 16.4. The Morgan fingerprint density at radius 3 is 2.11 bits per heavy atom. The van der Waals surface area contributed by atoms with E-state index in [4.69, 9.17) is 5.11 Å². The van der Waals surface area contributed by atoms with Gasteiger partial charge in [-0.3, -0.25) is 4.79 Å². The smallest absolute Gasteiger partial charge is 0.317 e. The minimum atomic E-state index is -0.891. The molecule has 0 aromatic carbocycles. The topological polar surface area (TPSA) is 69.6 Å². The molecule has 5 heteroatoms. The molecule has 0 saturated heterocycles. The van der Waals surface area contributed by atoms with Gasteiger partial charge in [-0.1, -0.05) is 20.8 Å². The summed E-state index contributed by atoms with van der Waals surface area (Å²) < 4.78 is 0. The van der Waals surface area contributed by atoms with Gasteiger partial charge in [0.1, 0.15) is 0 Å². The maximum Gasteiger partial charge on any atom is 0.317 e. The molecule has 0 aromatic heterocycles. The van der Waals surface area contributed by atoms with Crippen LogP contribution in [0.3, 0.4) is 0 Å². The van der Waals surface area contributed by atoms with Crippen molar-refractivity contribution in [2.24, 2.45) is 11.8 Å². The molecule has 112 valence electrons. The van der Waals surface area contributed by atoms with Crippen LogP contribution in [0.4, 0.5) is 4.79 Å².